The van der Waals surface area contributed by atoms with Gasteiger partial charge in [0.15, 0.2) is 0 Å². The molecule has 0 radical (unpaired) electrons. The zero-order valence-corrected chi connectivity index (χ0v) is 18.1. The van der Waals surface area contributed by atoms with Gasteiger partial charge in [-0.2, -0.15) is 0 Å². The summed E-state index contributed by atoms with van der Waals surface area (Å²) in [5.74, 6) is -2.47. The summed E-state index contributed by atoms with van der Waals surface area (Å²) in [6, 6.07) is 12.1. The van der Waals surface area contributed by atoms with Crippen molar-refractivity contribution in [2.75, 3.05) is 19.5 Å². The first-order valence-corrected chi connectivity index (χ1v) is 9.64. The minimum absolute atomic E-state index is 0.0879. The third-order valence-electron chi connectivity index (χ3n) is 4.81. The molecule has 3 aromatic rings. The smallest absolute Gasteiger partial charge is 0.354 e. The van der Waals surface area contributed by atoms with Gasteiger partial charge in [0.25, 0.3) is 0 Å². The molecule has 32 heavy (non-hydrogen) atoms. The summed E-state index contributed by atoms with van der Waals surface area (Å²) in [6.07, 6.45) is 0.995. The summed E-state index contributed by atoms with van der Waals surface area (Å²) >= 11 is 0. The topological polar surface area (TPSA) is 115 Å². The predicted molar refractivity (Wildman–Crippen MR) is 119 cm³/mol. The lowest BCUT2D eigenvalue weighted by Crippen LogP contribution is -2.15. The number of benzene rings is 2. The highest BCUT2D eigenvalue weighted by molar-refractivity contribution is 6.05. The van der Waals surface area contributed by atoms with Gasteiger partial charge in [-0.25, -0.2) is 19.4 Å². The monoisotopic (exact) mass is 434 g/mol. The molecule has 2 N–H and O–H groups in total. The SMILES string of the molecule is COC(=O)/C=C(/Nc1ccc(-c2cc(C(=O)O)c3cc(C)cc(C)c3n2)cc1)C(=O)OC. The number of fused-ring (bicyclic) bond motifs is 1. The fourth-order valence-electron chi connectivity index (χ4n) is 3.32. The van der Waals surface area contributed by atoms with Crippen LogP contribution in [0.2, 0.25) is 0 Å². The van der Waals surface area contributed by atoms with Gasteiger partial charge in [-0.05, 0) is 43.7 Å². The van der Waals surface area contributed by atoms with E-state index < -0.39 is 17.9 Å². The van der Waals surface area contributed by atoms with E-state index in [4.69, 9.17) is 0 Å². The van der Waals surface area contributed by atoms with E-state index in [0.717, 1.165) is 17.2 Å². The molecule has 1 aromatic heterocycles. The van der Waals surface area contributed by atoms with Crippen LogP contribution >= 0.6 is 0 Å². The molecule has 0 spiro atoms. The van der Waals surface area contributed by atoms with Crippen molar-refractivity contribution in [1.29, 1.82) is 0 Å². The molecular formula is C24H22N2O6. The molecule has 0 amide bonds. The highest BCUT2D eigenvalue weighted by Crippen LogP contribution is 2.29. The largest absolute Gasteiger partial charge is 0.478 e. The van der Waals surface area contributed by atoms with E-state index in [1.807, 2.05) is 26.0 Å². The molecule has 8 heteroatoms. The van der Waals surface area contributed by atoms with E-state index in [1.54, 1.807) is 30.3 Å². The summed E-state index contributed by atoms with van der Waals surface area (Å²) in [7, 11) is 2.40. The van der Waals surface area contributed by atoms with Crippen LogP contribution in [0.3, 0.4) is 0 Å². The number of carbonyl (C=O) groups is 3. The number of carboxylic acid groups (broad SMARTS) is 1. The number of nitrogens with one attached hydrogen (secondary N) is 1. The maximum Gasteiger partial charge on any atom is 0.354 e. The maximum absolute atomic E-state index is 11.9. The van der Waals surface area contributed by atoms with Crippen LogP contribution < -0.4 is 5.32 Å². The Bertz CT molecular complexity index is 1250. The van der Waals surface area contributed by atoms with Gasteiger partial charge in [0, 0.05) is 16.6 Å². The normalized spacial score (nSPS) is 11.2. The van der Waals surface area contributed by atoms with Gasteiger partial charge in [-0.3, -0.25) is 0 Å². The summed E-state index contributed by atoms with van der Waals surface area (Å²) in [4.78, 5) is 40.0. The summed E-state index contributed by atoms with van der Waals surface area (Å²) in [6.45, 7) is 3.81. The molecular weight excluding hydrogens is 412 g/mol. The first-order chi connectivity index (χ1) is 15.2. The highest BCUT2D eigenvalue weighted by Gasteiger charge is 2.16. The third-order valence-corrected chi connectivity index (χ3v) is 4.81. The molecule has 0 aliphatic carbocycles. The van der Waals surface area contributed by atoms with Gasteiger partial charge in [0.1, 0.15) is 5.70 Å². The second-order valence-electron chi connectivity index (χ2n) is 7.11. The van der Waals surface area contributed by atoms with Crippen LogP contribution in [0.15, 0.2) is 54.2 Å². The number of hydrogen-bond donors (Lipinski definition) is 2. The van der Waals surface area contributed by atoms with Crippen molar-refractivity contribution in [3.05, 3.63) is 70.9 Å². The van der Waals surface area contributed by atoms with Crippen molar-refractivity contribution < 1.29 is 29.0 Å². The van der Waals surface area contributed by atoms with Crippen LogP contribution in [0, 0.1) is 13.8 Å². The van der Waals surface area contributed by atoms with Crippen molar-refractivity contribution in [3.8, 4) is 11.3 Å². The molecule has 0 aliphatic rings. The number of ether oxygens (including phenoxy) is 2. The van der Waals surface area contributed by atoms with Crippen LogP contribution in [0.5, 0.6) is 0 Å². The van der Waals surface area contributed by atoms with E-state index in [9.17, 15) is 19.5 Å². The number of aromatic carboxylic acids is 1. The first kappa shape index (κ1) is 22.5. The Morgan fingerprint density at radius 2 is 1.69 bits per heavy atom. The third kappa shape index (κ3) is 4.75. The Labute approximate surface area is 184 Å². The summed E-state index contributed by atoms with van der Waals surface area (Å²) < 4.78 is 9.23. The van der Waals surface area contributed by atoms with Crippen molar-refractivity contribution in [2.45, 2.75) is 13.8 Å². The lowest BCUT2D eigenvalue weighted by atomic mass is 10.00. The molecule has 1 heterocycles. The number of anilines is 1. The number of aromatic nitrogens is 1. The van der Waals surface area contributed by atoms with Crippen LogP contribution in [0.4, 0.5) is 5.69 Å². The quantitative estimate of drug-likeness (QED) is 0.444. The van der Waals surface area contributed by atoms with Gasteiger partial charge in [0.2, 0.25) is 0 Å². The minimum atomic E-state index is -1.03. The number of pyridine rings is 1. The number of hydrogen-bond acceptors (Lipinski definition) is 7. The molecule has 0 saturated heterocycles. The van der Waals surface area contributed by atoms with Crippen molar-refractivity contribution in [3.63, 3.8) is 0 Å². The molecule has 0 unspecified atom stereocenters. The van der Waals surface area contributed by atoms with Crippen LogP contribution in [0.1, 0.15) is 21.5 Å². The van der Waals surface area contributed by atoms with Crippen LogP contribution in [-0.4, -0.2) is 42.2 Å². The highest BCUT2D eigenvalue weighted by atomic mass is 16.5. The van der Waals surface area contributed by atoms with Gasteiger partial charge in [0.05, 0.1) is 37.1 Å². The number of nitrogens with zero attached hydrogens (tertiary/aromatic N) is 1. The maximum atomic E-state index is 11.9. The van der Waals surface area contributed by atoms with Crippen molar-refractivity contribution in [2.24, 2.45) is 0 Å². The Morgan fingerprint density at radius 3 is 2.28 bits per heavy atom. The van der Waals surface area contributed by atoms with E-state index in [-0.39, 0.29) is 11.3 Å². The number of rotatable bonds is 6. The zero-order chi connectivity index (χ0) is 23.4. The molecule has 0 aliphatic heterocycles. The summed E-state index contributed by atoms with van der Waals surface area (Å²) in [5, 5.41) is 13.1. The average Bonchev–Trinajstić information content (AvgIpc) is 2.77. The van der Waals surface area contributed by atoms with Gasteiger partial charge in [-0.1, -0.05) is 23.8 Å². The number of aryl methyl sites for hydroxylation is 2. The fraction of sp³-hybridized carbons (Fsp3) is 0.167. The number of carboxylic acids is 1. The standard InChI is InChI=1S/C24H22N2O6/c1-13-9-14(2)22-17(10-13)18(23(28)29)11-19(26-22)15-5-7-16(8-6-15)25-20(24(30)32-4)12-21(27)31-3/h5-12,25H,1-4H3,(H,28,29)/b20-12+. The minimum Gasteiger partial charge on any atom is -0.478 e. The first-order valence-electron chi connectivity index (χ1n) is 9.64. The lowest BCUT2D eigenvalue weighted by molar-refractivity contribution is -0.138. The molecule has 0 atom stereocenters. The Balaban J connectivity index is 2.00. The molecule has 0 bridgehead atoms. The Hall–Kier alpha value is -4.20. The second-order valence-corrected chi connectivity index (χ2v) is 7.11. The summed E-state index contributed by atoms with van der Waals surface area (Å²) in [5.41, 5.74) is 4.27. The number of methoxy groups -OCH3 is 2. The lowest BCUT2D eigenvalue weighted by Gasteiger charge is -2.12. The van der Waals surface area contributed by atoms with E-state index >= 15 is 0 Å². The van der Waals surface area contributed by atoms with Gasteiger partial charge >= 0.3 is 17.9 Å². The predicted octanol–water partition coefficient (Wildman–Crippen LogP) is 3.86. The molecule has 164 valence electrons. The van der Waals surface area contributed by atoms with E-state index in [0.29, 0.717) is 27.8 Å². The van der Waals surface area contributed by atoms with Gasteiger partial charge in [-0.15, -0.1) is 0 Å². The average molecular weight is 434 g/mol. The Morgan fingerprint density at radius 1 is 1.00 bits per heavy atom. The van der Waals surface area contributed by atoms with Crippen LogP contribution in [0.25, 0.3) is 22.2 Å². The Kier molecular flexibility index (Phi) is 6.53. The van der Waals surface area contributed by atoms with Crippen LogP contribution in [-0.2, 0) is 19.1 Å². The number of esters is 2. The molecule has 0 fully saturated rings. The second kappa shape index (κ2) is 9.30. The molecule has 3 rings (SSSR count). The molecule has 0 saturated carbocycles. The van der Waals surface area contributed by atoms with E-state index in [1.165, 1.54) is 14.2 Å². The number of carbonyl (C=O) groups excluding carboxylic acids is 2. The van der Waals surface area contributed by atoms with Crippen molar-refractivity contribution in [1.82, 2.24) is 4.98 Å². The van der Waals surface area contributed by atoms with Crippen molar-refractivity contribution >= 4 is 34.5 Å². The molecule has 8 nitrogen and oxygen atoms in total. The zero-order valence-electron chi connectivity index (χ0n) is 18.1. The van der Waals surface area contributed by atoms with Gasteiger partial charge < -0.3 is 19.9 Å². The molecule has 2 aromatic carbocycles. The van der Waals surface area contributed by atoms with E-state index in [2.05, 4.69) is 19.8 Å². The fourth-order valence-corrected chi connectivity index (χ4v) is 3.32.